The molecule has 0 aliphatic rings. The van der Waals surface area contributed by atoms with Gasteiger partial charge in [0, 0.05) is 24.1 Å². The van der Waals surface area contributed by atoms with E-state index < -0.39 is 60.4 Å². The number of aromatic nitrogens is 3. The number of carbonyl (C=O) groups is 2. The van der Waals surface area contributed by atoms with Crippen LogP contribution in [0.2, 0.25) is 5.02 Å². The van der Waals surface area contributed by atoms with Gasteiger partial charge in [0.15, 0.2) is 5.82 Å². The molecule has 0 saturated heterocycles. The van der Waals surface area contributed by atoms with Gasteiger partial charge in [-0.2, -0.15) is 22.0 Å². The third-order valence-electron chi connectivity index (χ3n) is 5.90. The minimum Gasteiger partial charge on any atom is -0.385 e. The van der Waals surface area contributed by atoms with Crippen LogP contribution in [-0.2, 0) is 28.9 Å². The molecule has 3 rings (SSSR count). The maximum Gasteiger partial charge on any atom is 0.416 e. The Kier molecular flexibility index (Phi) is 9.71. The predicted molar refractivity (Wildman–Crippen MR) is 139 cm³/mol. The zero-order chi connectivity index (χ0) is 30.5. The van der Waals surface area contributed by atoms with E-state index in [4.69, 9.17) is 11.6 Å². The number of benzene rings is 2. The number of nitrogens with one attached hydrogen (secondary N) is 2. The van der Waals surface area contributed by atoms with Crippen LogP contribution < -0.4 is 16.3 Å². The average Bonchev–Trinajstić information content (AvgIpc) is 3.20. The summed E-state index contributed by atoms with van der Waals surface area (Å²) in [4.78, 5) is 37.5. The van der Waals surface area contributed by atoms with E-state index in [-0.39, 0.29) is 29.6 Å². The van der Waals surface area contributed by atoms with E-state index in [0.29, 0.717) is 9.70 Å². The lowest BCUT2D eigenvalue weighted by molar-refractivity contribution is -0.137. The number of amides is 2. The van der Waals surface area contributed by atoms with Gasteiger partial charge in [-0.25, -0.2) is 9.48 Å². The second-order valence-electron chi connectivity index (χ2n) is 8.96. The molecule has 1 aromatic heterocycles. The van der Waals surface area contributed by atoms with Crippen LogP contribution in [0.15, 0.2) is 66.0 Å². The fourth-order valence-corrected chi connectivity index (χ4v) is 3.88. The number of aliphatic hydroxyl groups excluding tert-OH is 1. The Morgan fingerprint density at radius 1 is 1.15 bits per heavy atom. The Morgan fingerprint density at radius 3 is 2.39 bits per heavy atom. The van der Waals surface area contributed by atoms with Gasteiger partial charge in [-0.15, -0.1) is 5.10 Å². The van der Waals surface area contributed by atoms with E-state index in [1.165, 1.54) is 37.3 Å². The highest BCUT2D eigenvalue weighted by Crippen LogP contribution is 2.31. The van der Waals surface area contributed by atoms with Crippen molar-refractivity contribution in [2.75, 3.05) is 6.54 Å². The van der Waals surface area contributed by atoms with Crippen LogP contribution >= 0.6 is 11.6 Å². The van der Waals surface area contributed by atoms with Crippen molar-refractivity contribution in [2.24, 2.45) is 0 Å². The summed E-state index contributed by atoms with van der Waals surface area (Å²) in [5.74, 6) is -5.30. The molecule has 3 N–H and O–H groups in total. The fourth-order valence-electron chi connectivity index (χ4n) is 3.76. The van der Waals surface area contributed by atoms with Crippen LogP contribution in [0.25, 0.3) is 11.4 Å². The summed E-state index contributed by atoms with van der Waals surface area (Å²) >= 11 is 5.90. The maximum absolute atomic E-state index is 14.0. The lowest BCUT2D eigenvalue weighted by Gasteiger charge is -2.20. The number of hydrogen-bond donors (Lipinski definition) is 3. The third-order valence-corrected chi connectivity index (χ3v) is 6.15. The standard InChI is InChI=1S/C26H25ClF5N5O4/c1-3-25(28,29)21(39)13-36-23(16-7-9-19(27)10-8-16)35-37(24(36)41)14-22(40)34-20(12-33-15(2)38)17-5-4-6-18(11-17)26(30,31)32/h3-11,20-21,39H,1,12-14H2,2H3,(H,33,38)(H,34,40)/t20?,21-/m0/s1. The van der Waals surface area contributed by atoms with Crippen LogP contribution in [0, 0.1) is 0 Å². The molecule has 41 heavy (non-hydrogen) atoms. The minimum absolute atomic E-state index is 0.0245. The summed E-state index contributed by atoms with van der Waals surface area (Å²) in [5, 5.41) is 19.3. The molecule has 0 aliphatic heterocycles. The first-order valence-electron chi connectivity index (χ1n) is 12.0. The quantitative estimate of drug-likeness (QED) is 0.230. The van der Waals surface area contributed by atoms with Gasteiger partial charge >= 0.3 is 11.9 Å². The van der Waals surface area contributed by atoms with Crippen LogP contribution in [0.4, 0.5) is 22.0 Å². The molecule has 1 heterocycles. The fraction of sp³-hybridized carbons (Fsp3) is 0.308. The molecule has 15 heteroatoms. The monoisotopic (exact) mass is 601 g/mol. The number of hydrogen-bond acceptors (Lipinski definition) is 5. The van der Waals surface area contributed by atoms with Gasteiger partial charge in [-0.1, -0.05) is 30.3 Å². The number of halogens is 6. The second-order valence-corrected chi connectivity index (χ2v) is 9.39. The highest BCUT2D eigenvalue weighted by molar-refractivity contribution is 6.30. The lowest BCUT2D eigenvalue weighted by atomic mass is 10.0. The smallest absolute Gasteiger partial charge is 0.385 e. The zero-order valence-electron chi connectivity index (χ0n) is 21.5. The summed E-state index contributed by atoms with van der Waals surface area (Å²) in [5.41, 5.74) is -1.72. The molecule has 9 nitrogen and oxygen atoms in total. The average molecular weight is 602 g/mol. The van der Waals surface area contributed by atoms with Crippen molar-refractivity contribution in [1.29, 1.82) is 0 Å². The van der Waals surface area contributed by atoms with Crippen molar-refractivity contribution < 1.29 is 36.6 Å². The summed E-state index contributed by atoms with van der Waals surface area (Å²) in [7, 11) is 0. The molecule has 0 radical (unpaired) electrons. The van der Waals surface area contributed by atoms with E-state index >= 15 is 0 Å². The summed E-state index contributed by atoms with van der Waals surface area (Å²) < 4.78 is 69.2. The molecule has 2 aromatic carbocycles. The van der Waals surface area contributed by atoms with Crippen LogP contribution in [0.1, 0.15) is 24.1 Å². The van der Waals surface area contributed by atoms with E-state index in [1.54, 1.807) is 0 Å². The van der Waals surface area contributed by atoms with Crippen molar-refractivity contribution >= 4 is 23.4 Å². The molecule has 0 spiro atoms. The van der Waals surface area contributed by atoms with E-state index in [0.717, 1.165) is 22.8 Å². The molecular formula is C26H25ClF5N5O4. The molecule has 0 bridgehead atoms. The zero-order valence-corrected chi connectivity index (χ0v) is 22.2. The third kappa shape index (κ3) is 8.01. The van der Waals surface area contributed by atoms with E-state index in [9.17, 15) is 41.4 Å². The number of carbonyl (C=O) groups excluding carboxylic acids is 2. The molecule has 220 valence electrons. The van der Waals surface area contributed by atoms with Crippen LogP contribution in [0.5, 0.6) is 0 Å². The normalized spacial score (nSPS) is 13.4. The molecule has 2 amide bonds. The topological polar surface area (TPSA) is 118 Å². The van der Waals surface area contributed by atoms with Gasteiger partial charge in [0.05, 0.1) is 18.2 Å². The number of nitrogens with zero attached hydrogens (tertiary/aromatic N) is 3. The first-order valence-corrected chi connectivity index (χ1v) is 12.3. The second kappa shape index (κ2) is 12.6. The molecule has 0 fully saturated rings. The first kappa shape index (κ1) is 31.5. The largest absolute Gasteiger partial charge is 0.416 e. The molecule has 0 saturated carbocycles. The minimum atomic E-state index is -4.66. The molecule has 2 atom stereocenters. The lowest BCUT2D eigenvalue weighted by Crippen LogP contribution is -2.41. The Hall–Kier alpha value is -4.04. The van der Waals surface area contributed by atoms with Crippen molar-refractivity contribution in [2.45, 2.75) is 44.3 Å². The van der Waals surface area contributed by atoms with Gasteiger partial charge < -0.3 is 15.7 Å². The number of aliphatic hydroxyl groups is 1. The summed E-state index contributed by atoms with van der Waals surface area (Å²) in [6, 6.07) is 8.78. The van der Waals surface area contributed by atoms with E-state index in [2.05, 4.69) is 22.3 Å². The predicted octanol–water partition coefficient (Wildman–Crippen LogP) is 3.56. The first-order chi connectivity index (χ1) is 19.1. The molecule has 3 aromatic rings. The van der Waals surface area contributed by atoms with Gasteiger partial charge in [-0.3, -0.25) is 14.2 Å². The Labute approximate surface area is 235 Å². The SMILES string of the molecule is C=CC(F)(F)[C@@H](O)Cn1c(-c2ccc(Cl)cc2)nn(CC(=O)NC(CNC(C)=O)c2cccc(C(F)(F)F)c2)c1=O. The summed E-state index contributed by atoms with van der Waals surface area (Å²) in [6.45, 7) is 2.20. The van der Waals surface area contributed by atoms with Gasteiger partial charge in [0.25, 0.3) is 5.92 Å². The number of rotatable bonds is 11. The van der Waals surface area contributed by atoms with E-state index in [1.807, 2.05) is 0 Å². The number of alkyl halides is 5. The molecule has 1 unspecified atom stereocenters. The molecular weight excluding hydrogens is 577 g/mol. The van der Waals surface area contributed by atoms with Gasteiger partial charge in [0.2, 0.25) is 11.8 Å². The highest BCUT2D eigenvalue weighted by Gasteiger charge is 2.36. The molecule has 0 aliphatic carbocycles. The highest BCUT2D eigenvalue weighted by atomic mass is 35.5. The Bertz CT molecular complexity index is 1470. The van der Waals surface area contributed by atoms with Crippen molar-refractivity contribution in [3.8, 4) is 11.4 Å². The summed E-state index contributed by atoms with van der Waals surface area (Å²) in [6.07, 6.45) is -6.80. The van der Waals surface area contributed by atoms with Crippen molar-refractivity contribution in [3.05, 3.63) is 87.8 Å². The van der Waals surface area contributed by atoms with Gasteiger partial charge in [0.1, 0.15) is 12.6 Å². The maximum atomic E-state index is 14.0. The van der Waals surface area contributed by atoms with Gasteiger partial charge in [-0.05, 0) is 48.0 Å². The van der Waals surface area contributed by atoms with Crippen molar-refractivity contribution in [1.82, 2.24) is 25.0 Å². The Balaban J connectivity index is 1.94. The Morgan fingerprint density at radius 2 is 1.80 bits per heavy atom. The van der Waals surface area contributed by atoms with Crippen LogP contribution in [-0.4, -0.2) is 49.8 Å². The van der Waals surface area contributed by atoms with Crippen molar-refractivity contribution in [3.63, 3.8) is 0 Å². The van der Waals surface area contributed by atoms with Crippen LogP contribution in [0.3, 0.4) is 0 Å².